The van der Waals surface area contributed by atoms with Crippen LogP contribution < -0.4 is 9.47 Å². The molecular weight excluding hydrogens is 272 g/mol. The summed E-state index contributed by atoms with van der Waals surface area (Å²) in [5, 5.41) is 8.59. The highest BCUT2D eigenvalue weighted by atomic mass is 15.1. The number of hydrogen-bond donors (Lipinski definition) is 0. The summed E-state index contributed by atoms with van der Waals surface area (Å²) in [5.74, 6) is 0. The van der Waals surface area contributed by atoms with Crippen LogP contribution in [0.15, 0.2) is 59.0 Å². The highest BCUT2D eigenvalue weighted by Crippen LogP contribution is 2.21. The second-order valence-electron chi connectivity index (χ2n) is 5.18. The van der Waals surface area contributed by atoms with Crippen LogP contribution in [0.5, 0.6) is 0 Å². The Bertz CT molecular complexity index is 583. The van der Waals surface area contributed by atoms with Gasteiger partial charge in [0.15, 0.2) is 12.4 Å². The van der Waals surface area contributed by atoms with Crippen LogP contribution in [-0.4, -0.2) is 13.1 Å². The zero-order valence-corrected chi connectivity index (χ0v) is 13.7. The van der Waals surface area contributed by atoms with E-state index in [-0.39, 0.29) is 0 Å². The van der Waals surface area contributed by atoms with E-state index in [9.17, 15) is 0 Å². The zero-order chi connectivity index (χ0) is 15.8. The van der Waals surface area contributed by atoms with Gasteiger partial charge in [0, 0.05) is 37.3 Å². The van der Waals surface area contributed by atoms with Gasteiger partial charge in [-0.05, 0) is 38.1 Å². The fourth-order valence-electron chi connectivity index (χ4n) is 2.36. The molecule has 4 heteroatoms. The number of rotatable bonds is 7. The molecule has 0 bridgehead atoms. The third-order valence-corrected chi connectivity index (χ3v) is 3.61. The first-order valence-electron chi connectivity index (χ1n) is 8.02. The molecule has 4 nitrogen and oxygen atoms in total. The van der Waals surface area contributed by atoms with E-state index in [4.69, 9.17) is 0 Å². The molecule has 0 atom stereocenters. The maximum Gasteiger partial charge on any atom is 0.171 e. The average molecular weight is 297 g/mol. The smallest absolute Gasteiger partial charge is 0.171 e. The highest BCUT2D eigenvalue weighted by Gasteiger charge is 2.01. The molecule has 0 saturated carbocycles. The lowest BCUT2D eigenvalue weighted by Gasteiger charge is -2.20. The molecule has 0 radical (unpaired) electrons. The van der Waals surface area contributed by atoms with Gasteiger partial charge < -0.3 is 4.90 Å². The minimum absolute atomic E-state index is 0.875. The van der Waals surface area contributed by atoms with E-state index in [1.165, 1.54) is 5.69 Å². The maximum absolute atomic E-state index is 4.30. The number of nitrogens with zero attached hydrogens (tertiary/aromatic N) is 4. The van der Waals surface area contributed by atoms with Crippen molar-refractivity contribution in [2.75, 3.05) is 18.0 Å². The predicted molar refractivity (Wildman–Crippen MR) is 91.1 cm³/mol. The Morgan fingerprint density at radius 2 is 1.36 bits per heavy atom. The molecule has 0 unspecified atom stereocenters. The van der Waals surface area contributed by atoms with Gasteiger partial charge in [-0.1, -0.05) is 6.92 Å². The molecule has 0 aliphatic rings. The van der Waals surface area contributed by atoms with E-state index in [1.807, 2.05) is 36.7 Å². The van der Waals surface area contributed by atoms with Crippen LogP contribution in [0, 0.1) is 0 Å². The van der Waals surface area contributed by atoms with Gasteiger partial charge in [-0.2, -0.15) is 10.2 Å². The van der Waals surface area contributed by atoms with Crippen LogP contribution in [0.25, 0.3) is 0 Å². The van der Waals surface area contributed by atoms with Gasteiger partial charge in [0.05, 0.1) is 11.4 Å². The molecule has 2 aromatic rings. The molecule has 0 spiro atoms. The molecule has 0 amide bonds. The standard InChI is InChI=1S/C18H25N4/c1-4-13-21-14-11-17(12-15-21)20-19-16-7-9-18(10-8-16)22(5-2)6-3/h7-12,14-15H,4-6,13H2,1-3H3/q+1. The van der Waals surface area contributed by atoms with Crippen molar-refractivity contribution in [3.8, 4) is 0 Å². The minimum atomic E-state index is 0.875. The highest BCUT2D eigenvalue weighted by molar-refractivity contribution is 5.52. The van der Waals surface area contributed by atoms with E-state index >= 15 is 0 Å². The second-order valence-corrected chi connectivity index (χ2v) is 5.18. The molecule has 1 aromatic carbocycles. The van der Waals surface area contributed by atoms with Crippen molar-refractivity contribution in [1.29, 1.82) is 0 Å². The van der Waals surface area contributed by atoms with Crippen LogP contribution in [-0.2, 0) is 6.54 Å². The molecule has 1 heterocycles. The second kappa shape index (κ2) is 8.27. The fourth-order valence-corrected chi connectivity index (χ4v) is 2.36. The lowest BCUT2D eigenvalue weighted by Crippen LogP contribution is -2.31. The quantitative estimate of drug-likeness (QED) is 0.541. The number of azo groups is 1. The molecule has 0 aliphatic heterocycles. The number of pyridine rings is 1. The van der Waals surface area contributed by atoms with Gasteiger partial charge in [0.25, 0.3) is 0 Å². The van der Waals surface area contributed by atoms with Crippen molar-refractivity contribution in [3.05, 3.63) is 48.8 Å². The zero-order valence-electron chi connectivity index (χ0n) is 13.7. The minimum Gasteiger partial charge on any atom is -0.372 e. The fraction of sp³-hybridized carbons (Fsp3) is 0.389. The summed E-state index contributed by atoms with van der Waals surface area (Å²) in [6.07, 6.45) is 5.22. The summed E-state index contributed by atoms with van der Waals surface area (Å²) in [6, 6.07) is 12.2. The number of aryl methyl sites for hydroxylation is 1. The first-order valence-corrected chi connectivity index (χ1v) is 8.02. The summed E-state index contributed by atoms with van der Waals surface area (Å²) < 4.78 is 2.15. The van der Waals surface area contributed by atoms with Gasteiger partial charge >= 0.3 is 0 Å². The van der Waals surface area contributed by atoms with E-state index in [0.29, 0.717) is 0 Å². The molecule has 2 rings (SSSR count). The van der Waals surface area contributed by atoms with E-state index in [0.717, 1.165) is 37.4 Å². The molecule has 0 N–H and O–H groups in total. The lowest BCUT2D eigenvalue weighted by molar-refractivity contribution is -0.696. The summed E-state index contributed by atoms with van der Waals surface area (Å²) >= 11 is 0. The lowest BCUT2D eigenvalue weighted by atomic mass is 10.2. The van der Waals surface area contributed by atoms with Gasteiger partial charge in [-0.3, -0.25) is 0 Å². The first-order chi connectivity index (χ1) is 10.8. The third kappa shape index (κ3) is 4.38. The van der Waals surface area contributed by atoms with Crippen LogP contribution >= 0.6 is 0 Å². The van der Waals surface area contributed by atoms with Crippen LogP contribution in [0.3, 0.4) is 0 Å². The first kappa shape index (κ1) is 16.1. The molecule has 0 saturated heterocycles. The number of anilines is 1. The SMILES string of the molecule is CCC[n+]1ccc(N=Nc2ccc(N(CC)CC)cc2)cc1. The molecule has 0 aliphatic carbocycles. The van der Waals surface area contributed by atoms with Gasteiger partial charge in [-0.25, -0.2) is 4.57 Å². The Labute approximate surface area is 133 Å². The summed E-state index contributed by atoms with van der Waals surface area (Å²) in [7, 11) is 0. The van der Waals surface area contributed by atoms with Crippen molar-refractivity contribution in [3.63, 3.8) is 0 Å². The molecule has 1 aromatic heterocycles. The van der Waals surface area contributed by atoms with Crippen LogP contribution in [0.2, 0.25) is 0 Å². The Kier molecular flexibility index (Phi) is 6.07. The van der Waals surface area contributed by atoms with E-state index in [1.54, 1.807) is 0 Å². The largest absolute Gasteiger partial charge is 0.372 e. The monoisotopic (exact) mass is 297 g/mol. The van der Waals surface area contributed by atoms with Gasteiger partial charge in [-0.15, -0.1) is 0 Å². The third-order valence-electron chi connectivity index (χ3n) is 3.61. The van der Waals surface area contributed by atoms with Crippen molar-refractivity contribution in [2.45, 2.75) is 33.7 Å². The average Bonchev–Trinajstić information content (AvgIpc) is 2.57. The van der Waals surface area contributed by atoms with Gasteiger partial charge in [0.2, 0.25) is 0 Å². The summed E-state index contributed by atoms with van der Waals surface area (Å²) in [4.78, 5) is 2.31. The molecule has 22 heavy (non-hydrogen) atoms. The Balaban J connectivity index is 2.03. The number of hydrogen-bond acceptors (Lipinski definition) is 3. The van der Waals surface area contributed by atoms with Crippen LogP contribution in [0.1, 0.15) is 27.2 Å². The van der Waals surface area contributed by atoms with E-state index in [2.05, 4.69) is 52.6 Å². The van der Waals surface area contributed by atoms with Crippen molar-refractivity contribution < 1.29 is 4.57 Å². The maximum atomic E-state index is 4.30. The molecular formula is C18H25N4+. The predicted octanol–water partition coefficient (Wildman–Crippen LogP) is 4.65. The summed E-state index contributed by atoms with van der Waals surface area (Å²) in [6.45, 7) is 9.56. The van der Waals surface area contributed by atoms with Crippen molar-refractivity contribution in [2.24, 2.45) is 10.2 Å². The van der Waals surface area contributed by atoms with E-state index < -0.39 is 0 Å². The normalized spacial score (nSPS) is 11.0. The van der Waals surface area contributed by atoms with Crippen molar-refractivity contribution in [1.82, 2.24) is 0 Å². The molecule has 116 valence electrons. The Morgan fingerprint density at radius 1 is 0.818 bits per heavy atom. The van der Waals surface area contributed by atoms with Gasteiger partial charge in [0.1, 0.15) is 6.54 Å². The number of benzene rings is 1. The topological polar surface area (TPSA) is 31.8 Å². The number of aromatic nitrogens is 1. The Hall–Kier alpha value is -2.23. The van der Waals surface area contributed by atoms with Crippen molar-refractivity contribution >= 4 is 17.1 Å². The Morgan fingerprint density at radius 3 is 1.86 bits per heavy atom. The summed E-state index contributed by atoms with van der Waals surface area (Å²) in [5.41, 5.74) is 2.98. The molecule has 0 fully saturated rings. The van der Waals surface area contributed by atoms with Crippen LogP contribution in [0.4, 0.5) is 17.1 Å².